The quantitative estimate of drug-likeness (QED) is 0.290. The lowest BCUT2D eigenvalue weighted by Gasteiger charge is -2.37. The molecule has 2 aliphatic rings. The molecule has 1 aliphatic carbocycles. The van der Waals surface area contributed by atoms with E-state index in [9.17, 15) is 28.5 Å². The predicted octanol–water partition coefficient (Wildman–Crippen LogP) is -0.00298. The van der Waals surface area contributed by atoms with Crippen molar-refractivity contribution in [1.29, 1.82) is 0 Å². The van der Waals surface area contributed by atoms with E-state index in [1.54, 1.807) is 6.07 Å². The Labute approximate surface area is 215 Å². The SMILES string of the molecule is Cc1cc(C2CCN(S(=O)(=O)C3(C(N)=O)CC(O)C(O)(O)C3)CC2)ccc1-c1cccc(OCCO)n1. The topological polar surface area (TPSA) is 184 Å². The number of rotatable bonds is 8. The zero-order valence-electron chi connectivity index (χ0n) is 20.6. The van der Waals surface area contributed by atoms with Crippen LogP contribution in [0.4, 0.5) is 0 Å². The molecule has 12 heteroatoms. The number of piperidine rings is 1. The van der Waals surface area contributed by atoms with E-state index in [0.717, 1.165) is 22.4 Å². The van der Waals surface area contributed by atoms with Crippen LogP contribution in [0.1, 0.15) is 42.7 Å². The largest absolute Gasteiger partial charge is 0.475 e. The number of ether oxygens (including phenoxy) is 1. The Morgan fingerprint density at radius 3 is 2.49 bits per heavy atom. The van der Waals surface area contributed by atoms with Crippen molar-refractivity contribution < 1.29 is 38.4 Å². The molecule has 0 bridgehead atoms. The number of nitrogens with two attached hydrogens (primary N) is 1. The number of pyridine rings is 1. The van der Waals surface area contributed by atoms with Crippen LogP contribution >= 0.6 is 0 Å². The summed E-state index contributed by atoms with van der Waals surface area (Å²) in [4.78, 5) is 16.7. The van der Waals surface area contributed by atoms with E-state index in [1.165, 1.54) is 4.31 Å². The number of carbonyl (C=O) groups excluding carboxylic acids is 1. The van der Waals surface area contributed by atoms with Crippen LogP contribution in [0.25, 0.3) is 11.3 Å². The minimum atomic E-state index is -4.35. The smallest absolute Gasteiger partial charge is 0.240 e. The molecule has 2 heterocycles. The second-order valence-electron chi connectivity index (χ2n) is 9.82. The zero-order chi connectivity index (χ0) is 27.0. The maximum absolute atomic E-state index is 13.4. The van der Waals surface area contributed by atoms with Crippen LogP contribution in [0.15, 0.2) is 36.4 Å². The first-order chi connectivity index (χ1) is 17.4. The second kappa shape index (κ2) is 10.3. The molecular weight excluding hydrogens is 502 g/mol. The zero-order valence-corrected chi connectivity index (χ0v) is 21.4. The third-order valence-electron chi connectivity index (χ3n) is 7.40. The molecule has 1 amide bonds. The number of carbonyl (C=O) groups is 1. The van der Waals surface area contributed by atoms with Crippen molar-refractivity contribution in [2.45, 2.75) is 55.2 Å². The van der Waals surface area contributed by atoms with Gasteiger partial charge < -0.3 is 30.9 Å². The highest BCUT2D eigenvalue weighted by Crippen LogP contribution is 2.44. The molecule has 1 aliphatic heterocycles. The summed E-state index contributed by atoms with van der Waals surface area (Å²) in [5.41, 5.74) is 9.15. The van der Waals surface area contributed by atoms with E-state index in [4.69, 9.17) is 15.6 Å². The molecule has 0 spiro atoms. The third-order valence-corrected chi connectivity index (χ3v) is 9.95. The van der Waals surface area contributed by atoms with Gasteiger partial charge in [-0.2, -0.15) is 0 Å². The third kappa shape index (κ3) is 5.09. The van der Waals surface area contributed by atoms with Gasteiger partial charge in [0.1, 0.15) is 12.7 Å². The number of hydrogen-bond acceptors (Lipinski definition) is 9. The molecule has 2 atom stereocenters. The number of nitrogens with zero attached hydrogens (tertiary/aromatic N) is 2. The molecule has 1 aromatic heterocycles. The Bertz CT molecular complexity index is 1260. The Morgan fingerprint density at radius 2 is 1.92 bits per heavy atom. The van der Waals surface area contributed by atoms with Crippen molar-refractivity contribution in [3.05, 3.63) is 47.5 Å². The standard InChI is InChI=1S/C25H33N3O8S/c1-16-13-18(5-6-19(16)20-3-2-4-22(27-20)36-12-11-29)17-7-9-28(10-8-17)37(34,35)24(23(26)31)14-21(30)25(32,33)15-24/h2-6,13,17,21,29-30,32-33H,7-12,14-15H2,1H3,(H2,26,31). The number of amides is 1. The summed E-state index contributed by atoms with van der Waals surface area (Å²) in [6.45, 7) is 2.29. The van der Waals surface area contributed by atoms with E-state index in [2.05, 4.69) is 11.1 Å². The average molecular weight is 536 g/mol. The molecule has 1 saturated carbocycles. The van der Waals surface area contributed by atoms with Crippen LogP contribution < -0.4 is 10.5 Å². The van der Waals surface area contributed by atoms with Gasteiger partial charge in [-0.1, -0.05) is 24.3 Å². The van der Waals surface area contributed by atoms with Gasteiger partial charge in [0.15, 0.2) is 10.5 Å². The Kier molecular flexibility index (Phi) is 7.62. The summed E-state index contributed by atoms with van der Waals surface area (Å²) in [6, 6.07) is 11.4. The fraction of sp³-hybridized carbons (Fsp3) is 0.520. The van der Waals surface area contributed by atoms with Gasteiger partial charge in [0.05, 0.1) is 12.3 Å². The van der Waals surface area contributed by atoms with E-state index in [-0.39, 0.29) is 32.2 Å². The molecule has 6 N–H and O–H groups in total. The average Bonchev–Trinajstić information content (AvgIpc) is 3.13. The molecule has 2 fully saturated rings. The molecule has 37 heavy (non-hydrogen) atoms. The molecule has 11 nitrogen and oxygen atoms in total. The van der Waals surface area contributed by atoms with Crippen molar-refractivity contribution in [3.63, 3.8) is 0 Å². The van der Waals surface area contributed by atoms with Crippen LogP contribution in [-0.4, -0.2) is 87.0 Å². The van der Waals surface area contributed by atoms with E-state index in [0.29, 0.717) is 18.7 Å². The number of aliphatic hydroxyl groups is 4. The van der Waals surface area contributed by atoms with E-state index < -0.39 is 45.4 Å². The fourth-order valence-electron chi connectivity index (χ4n) is 5.30. The molecule has 0 radical (unpaired) electrons. The summed E-state index contributed by atoms with van der Waals surface area (Å²) in [7, 11) is -4.35. The van der Waals surface area contributed by atoms with Crippen LogP contribution in [0.3, 0.4) is 0 Å². The van der Waals surface area contributed by atoms with E-state index >= 15 is 0 Å². The summed E-state index contributed by atoms with van der Waals surface area (Å²) in [5.74, 6) is -3.41. The fourth-order valence-corrected chi connectivity index (χ4v) is 7.50. The van der Waals surface area contributed by atoms with Crippen molar-refractivity contribution in [1.82, 2.24) is 9.29 Å². The Morgan fingerprint density at radius 1 is 1.22 bits per heavy atom. The van der Waals surface area contributed by atoms with Crippen molar-refractivity contribution in [2.75, 3.05) is 26.3 Å². The summed E-state index contributed by atoms with van der Waals surface area (Å²) in [6.07, 6.45) is -2.34. The lowest BCUT2D eigenvalue weighted by atomic mass is 9.88. The van der Waals surface area contributed by atoms with Gasteiger partial charge in [0.2, 0.25) is 21.8 Å². The Hall–Kier alpha value is -2.61. The highest BCUT2D eigenvalue weighted by atomic mass is 32.2. The monoisotopic (exact) mass is 535 g/mol. The summed E-state index contributed by atoms with van der Waals surface area (Å²) < 4.78 is 31.2. The molecule has 1 aromatic carbocycles. The van der Waals surface area contributed by atoms with Crippen LogP contribution in [-0.2, 0) is 14.8 Å². The molecule has 2 unspecified atom stereocenters. The summed E-state index contributed by atoms with van der Waals surface area (Å²) >= 11 is 0. The van der Waals surface area contributed by atoms with Gasteiger partial charge in [0, 0.05) is 37.6 Å². The lowest BCUT2D eigenvalue weighted by molar-refractivity contribution is -0.208. The van der Waals surface area contributed by atoms with Gasteiger partial charge in [0.25, 0.3) is 0 Å². The first-order valence-corrected chi connectivity index (χ1v) is 13.6. The van der Waals surface area contributed by atoms with Gasteiger partial charge in [-0.15, -0.1) is 0 Å². The van der Waals surface area contributed by atoms with Crippen molar-refractivity contribution in [2.24, 2.45) is 5.73 Å². The number of hydrogen-bond donors (Lipinski definition) is 5. The van der Waals surface area contributed by atoms with Gasteiger partial charge in [-0.25, -0.2) is 17.7 Å². The normalized spacial score (nSPS) is 24.7. The number of aliphatic hydroxyl groups excluding tert-OH is 2. The predicted molar refractivity (Wildman–Crippen MR) is 134 cm³/mol. The lowest BCUT2D eigenvalue weighted by Crippen LogP contribution is -2.57. The minimum Gasteiger partial charge on any atom is -0.475 e. The number of aromatic nitrogens is 1. The van der Waals surface area contributed by atoms with Crippen molar-refractivity contribution >= 4 is 15.9 Å². The molecule has 202 valence electrons. The van der Waals surface area contributed by atoms with Gasteiger partial charge in [-0.3, -0.25) is 4.79 Å². The molecule has 1 saturated heterocycles. The second-order valence-corrected chi connectivity index (χ2v) is 12.1. The molecule has 2 aromatic rings. The maximum Gasteiger partial charge on any atom is 0.240 e. The Balaban J connectivity index is 1.48. The van der Waals surface area contributed by atoms with Gasteiger partial charge >= 0.3 is 0 Å². The number of primary amides is 1. The highest BCUT2D eigenvalue weighted by Gasteiger charge is 2.64. The number of aryl methyl sites for hydroxylation is 1. The number of sulfonamides is 1. The molecular formula is C25H33N3O8S. The van der Waals surface area contributed by atoms with E-state index in [1.807, 2.05) is 31.2 Å². The van der Waals surface area contributed by atoms with Crippen LogP contribution in [0.5, 0.6) is 5.88 Å². The van der Waals surface area contributed by atoms with Crippen LogP contribution in [0.2, 0.25) is 0 Å². The first kappa shape index (κ1) is 27.4. The number of benzene rings is 1. The molecule has 4 rings (SSSR count). The first-order valence-electron chi connectivity index (χ1n) is 12.2. The maximum atomic E-state index is 13.4. The van der Waals surface area contributed by atoms with Crippen molar-refractivity contribution in [3.8, 4) is 17.1 Å². The summed E-state index contributed by atoms with van der Waals surface area (Å²) in [5, 5.41) is 38.9. The van der Waals surface area contributed by atoms with Crippen LogP contribution in [0, 0.1) is 6.92 Å². The highest BCUT2D eigenvalue weighted by molar-refractivity contribution is 7.91. The minimum absolute atomic E-state index is 0.0832. The van der Waals surface area contributed by atoms with Gasteiger partial charge in [-0.05, 0) is 42.9 Å².